The van der Waals surface area contributed by atoms with Gasteiger partial charge in [-0.1, -0.05) is 12.1 Å². The quantitative estimate of drug-likeness (QED) is 0.692. The van der Waals surface area contributed by atoms with Crippen LogP contribution in [0.4, 0.5) is 5.69 Å². The second-order valence-corrected chi connectivity index (χ2v) is 7.65. The highest BCUT2D eigenvalue weighted by Crippen LogP contribution is 2.26. The van der Waals surface area contributed by atoms with Gasteiger partial charge in [0.2, 0.25) is 11.8 Å². The molecule has 6 heteroatoms. The fourth-order valence-corrected chi connectivity index (χ4v) is 3.58. The van der Waals surface area contributed by atoms with Gasteiger partial charge in [0.25, 0.3) is 0 Å². The van der Waals surface area contributed by atoms with E-state index >= 15 is 0 Å². The first-order chi connectivity index (χ1) is 12.9. The molecular formula is C21H26N2O3S. The van der Waals surface area contributed by atoms with Gasteiger partial charge in [0, 0.05) is 31.1 Å². The second kappa shape index (κ2) is 10.0. The standard InChI is InChI=1S/C21H26N2O3S/c1-5-26-19-10-6-17(7-11-19)14-23(4)21(25)15(2)27-20-12-8-18(9-13-20)22-16(3)24/h6-13,15H,5,14H2,1-4H3,(H,22,24). The van der Waals surface area contributed by atoms with Gasteiger partial charge in [-0.3, -0.25) is 9.59 Å². The fraction of sp³-hybridized carbons (Fsp3) is 0.333. The van der Waals surface area contributed by atoms with Crippen molar-refractivity contribution >= 4 is 29.3 Å². The molecule has 2 amide bonds. The molecular weight excluding hydrogens is 360 g/mol. The smallest absolute Gasteiger partial charge is 0.235 e. The Hall–Kier alpha value is -2.47. The minimum atomic E-state index is -0.204. The Kier molecular flexibility index (Phi) is 7.73. The van der Waals surface area contributed by atoms with E-state index in [-0.39, 0.29) is 17.1 Å². The predicted octanol–water partition coefficient (Wildman–Crippen LogP) is 4.18. The molecule has 0 aliphatic rings. The van der Waals surface area contributed by atoms with Gasteiger partial charge in [0.15, 0.2) is 0 Å². The van der Waals surface area contributed by atoms with Gasteiger partial charge in [-0.2, -0.15) is 0 Å². The van der Waals surface area contributed by atoms with Crippen LogP contribution < -0.4 is 10.1 Å². The normalized spacial score (nSPS) is 11.6. The number of amides is 2. The third-order valence-corrected chi connectivity index (χ3v) is 4.97. The van der Waals surface area contributed by atoms with Crippen molar-refractivity contribution in [3.8, 4) is 5.75 Å². The molecule has 1 atom stereocenters. The molecule has 0 saturated carbocycles. The van der Waals surface area contributed by atoms with E-state index in [2.05, 4.69) is 5.32 Å². The van der Waals surface area contributed by atoms with Crippen LogP contribution in [0.1, 0.15) is 26.3 Å². The highest BCUT2D eigenvalue weighted by molar-refractivity contribution is 8.00. The number of benzene rings is 2. The van der Waals surface area contributed by atoms with Gasteiger partial charge in [0.1, 0.15) is 5.75 Å². The summed E-state index contributed by atoms with van der Waals surface area (Å²) >= 11 is 1.50. The Morgan fingerprint density at radius 3 is 2.30 bits per heavy atom. The van der Waals surface area contributed by atoms with Crippen LogP contribution in [0.5, 0.6) is 5.75 Å². The molecule has 0 aromatic heterocycles. The largest absolute Gasteiger partial charge is 0.494 e. The number of ether oxygens (including phenoxy) is 1. The van der Waals surface area contributed by atoms with Crippen LogP contribution >= 0.6 is 11.8 Å². The first-order valence-corrected chi connectivity index (χ1v) is 9.78. The summed E-state index contributed by atoms with van der Waals surface area (Å²) < 4.78 is 5.44. The highest BCUT2D eigenvalue weighted by Gasteiger charge is 2.19. The lowest BCUT2D eigenvalue weighted by Crippen LogP contribution is -2.32. The Morgan fingerprint density at radius 1 is 1.11 bits per heavy atom. The van der Waals surface area contributed by atoms with E-state index in [1.807, 2.05) is 69.4 Å². The SMILES string of the molecule is CCOc1ccc(CN(C)C(=O)C(C)Sc2ccc(NC(C)=O)cc2)cc1. The third-order valence-electron chi connectivity index (χ3n) is 3.87. The van der Waals surface area contributed by atoms with E-state index in [1.54, 1.807) is 4.90 Å². The number of rotatable bonds is 8. The van der Waals surface area contributed by atoms with Crippen LogP contribution in [0.25, 0.3) is 0 Å². The zero-order valence-electron chi connectivity index (χ0n) is 16.2. The maximum atomic E-state index is 12.7. The predicted molar refractivity (Wildman–Crippen MR) is 110 cm³/mol. The number of hydrogen-bond donors (Lipinski definition) is 1. The van der Waals surface area contributed by atoms with Crippen LogP contribution in [-0.2, 0) is 16.1 Å². The summed E-state index contributed by atoms with van der Waals surface area (Å²) in [7, 11) is 1.82. The molecule has 144 valence electrons. The van der Waals surface area contributed by atoms with Crippen LogP contribution in [0.2, 0.25) is 0 Å². The van der Waals surface area contributed by atoms with Crippen LogP contribution in [-0.4, -0.2) is 35.6 Å². The van der Waals surface area contributed by atoms with Crippen LogP contribution in [0, 0.1) is 0 Å². The minimum Gasteiger partial charge on any atom is -0.494 e. The molecule has 0 heterocycles. The van der Waals surface area contributed by atoms with E-state index < -0.39 is 0 Å². The lowest BCUT2D eigenvalue weighted by Gasteiger charge is -2.21. The molecule has 2 rings (SSSR count). The number of hydrogen-bond acceptors (Lipinski definition) is 4. The number of carbonyl (C=O) groups excluding carboxylic acids is 2. The molecule has 27 heavy (non-hydrogen) atoms. The molecule has 1 unspecified atom stereocenters. The van der Waals surface area contributed by atoms with E-state index in [9.17, 15) is 9.59 Å². The Labute approximate surface area is 165 Å². The van der Waals surface area contributed by atoms with Gasteiger partial charge in [0.05, 0.1) is 11.9 Å². The molecule has 0 fully saturated rings. The van der Waals surface area contributed by atoms with Gasteiger partial charge in [-0.25, -0.2) is 0 Å². The summed E-state index contributed by atoms with van der Waals surface area (Å²) in [5.41, 5.74) is 1.81. The van der Waals surface area contributed by atoms with Crippen molar-refractivity contribution in [1.29, 1.82) is 0 Å². The zero-order valence-corrected chi connectivity index (χ0v) is 17.0. The van der Waals surface area contributed by atoms with Crippen molar-refractivity contribution in [2.45, 2.75) is 37.5 Å². The summed E-state index contributed by atoms with van der Waals surface area (Å²) in [6.45, 7) is 6.52. The minimum absolute atomic E-state index is 0.0693. The Morgan fingerprint density at radius 2 is 1.74 bits per heavy atom. The molecule has 2 aromatic carbocycles. The number of nitrogens with one attached hydrogen (secondary N) is 1. The topological polar surface area (TPSA) is 58.6 Å². The maximum Gasteiger partial charge on any atom is 0.235 e. The summed E-state index contributed by atoms with van der Waals surface area (Å²) in [6, 6.07) is 15.3. The molecule has 2 aromatic rings. The van der Waals surface area contributed by atoms with Crippen molar-refractivity contribution in [3.05, 3.63) is 54.1 Å². The summed E-state index contributed by atoms with van der Waals surface area (Å²) in [6.07, 6.45) is 0. The van der Waals surface area contributed by atoms with Crippen LogP contribution in [0.15, 0.2) is 53.4 Å². The first kappa shape index (κ1) is 20.8. The van der Waals surface area contributed by atoms with Crippen molar-refractivity contribution < 1.29 is 14.3 Å². The average molecular weight is 387 g/mol. The molecule has 0 aliphatic carbocycles. The number of nitrogens with zero attached hydrogens (tertiary/aromatic N) is 1. The molecule has 0 bridgehead atoms. The molecule has 5 nitrogen and oxygen atoms in total. The summed E-state index contributed by atoms with van der Waals surface area (Å²) in [5, 5.41) is 2.53. The van der Waals surface area contributed by atoms with Gasteiger partial charge in [-0.15, -0.1) is 11.8 Å². The number of anilines is 1. The van der Waals surface area contributed by atoms with E-state index in [0.717, 1.165) is 21.9 Å². The molecule has 0 radical (unpaired) electrons. The van der Waals surface area contributed by atoms with Crippen LogP contribution in [0.3, 0.4) is 0 Å². The van der Waals surface area contributed by atoms with Gasteiger partial charge >= 0.3 is 0 Å². The van der Waals surface area contributed by atoms with E-state index in [4.69, 9.17) is 4.74 Å². The Balaban J connectivity index is 1.90. The first-order valence-electron chi connectivity index (χ1n) is 8.90. The fourth-order valence-electron chi connectivity index (χ4n) is 2.59. The van der Waals surface area contributed by atoms with E-state index in [0.29, 0.717) is 13.2 Å². The number of carbonyl (C=O) groups is 2. The third kappa shape index (κ3) is 6.64. The Bertz CT molecular complexity index is 760. The van der Waals surface area contributed by atoms with Crippen molar-refractivity contribution in [1.82, 2.24) is 4.90 Å². The lowest BCUT2D eigenvalue weighted by molar-refractivity contribution is -0.129. The molecule has 0 spiro atoms. The van der Waals surface area contributed by atoms with Crippen molar-refractivity contribution in [2.75, 3.05) is 19.0 Å². The summed E-state index contributed by atoms with van der Waals surface area (Å²) in [4.78, 5) is 26.4. The average Bonchev–Trinajstić information content (AvgIpc) is 2.64. The van der Waals surface area contributed by atoms with Gasteiger partial charge in [-0.05, 0) is 55.8 Å². The van der Waals surface area contributed by atoms with E-state index in [1.165, 1.54) is 18.7 Å². The second-order valence-electron chi connectivity index (χ2n) is 6.24. The molecule has 1 N–H and O–H groups in total. The number of thioether (sulfide) groups is 1. The van der Waals surface area contributed by atoms with Gasteiger partial charge < -0.3 is 15.0 Å². The molecule has 0 saturated heterocycles. The monoisotopic (exact) mass is 386 g/mol. The summed E-state index contributed by atoms with van der Waals surface area (Å²) in [5.74, 6) is 0.802. The highest BCUT2D eigenvalue weighted by atomic mass is 32.2. The van der Waals surface area contributed by atoms with Crippen molar-refractivity contribution in [3.63, 3.8) is 0 Å². The maximum absolute atomic E-state index is 12.7. The lowest BCUT2D eigenvalue weighted by atomic mass is 10.2. The zero-order chi connectivity index (χ0) is 19.8. The molecule has 0 aliphatic heterocycles. The van der Waals surface area contributed by atoms with Crippen molar-refractivity contribution in [2.24, 2.45) is 0 Å².